The largest absolute Gasteiger partial charge is 0.311 e. The van der Waals surface area contributed by atoms with Gasteiger partial charge in [0.2, 0.25) is 0 Å². The third-order valence-electron chi connectivity index (χ3n) is 3.01. The van der Waals surface area contributed by atoms with Crippen molar-refractivity contribution in [2.45, 2.75) is 44.6 Å². The van der Waals surface area contributed by atoms with E-state index in [-0.39, 0.29) is 0 Å². The van der Waals surface area contributed by atoms with Crippen molar-refractivity contribution >= 4 is 11.8 Å². The SMILES string of the molecule is CCC1(NCCCSC)CCC1. The van der Waals surface area contributed by atoms with Crippen molar-refractivity contribution in [3.63, 3.8) is 0 Å². The predicted molar refractivity (Wildman–Crippen MR) is 57.9 cm³/mol. The Bertz CT molecular complexity index is 115. The molecule has 0 spiro atoms. The Hall–Kier alpha value is 0.310. The smallest absolute Gasteiger partial charge is 0.0178 e. The molecule has 0 unspecified atom stereocenters. The zero-order valence-electron chi connectivity index (χ0n) is 8.36. The third-order valence-corrected chi connectivity index (χ3v) is 3.71. The van der Waals surface area contributed by atoms with Crippen LogP contribution in [0.2, 0.25) is 0 Å². The lowest BCUT2D eigenvalue weighted by atomic mass is 9.75. The van der Waals surface area contributed by atoms with Gasteiger partial charge in [-0.2, -0.15) is 11.8 Å². The standard InChI is InChI=1S/C10H21NS/c1-3-10(6-4-7-10)11-8-5-9-12-2/h11H,3-9H2,1-2H3. The van der Waals surface area contributed by atoms with Gasteiger partial charge >= 0.3 is 0 Å². The van der Waals surface area contributed by atoms with E-state index in [9.17, 15) is 0 Å². The van der Waals surface area contributed by atoms with Crippen LogP contribution in [-0.2, 0) is 0 Å². The van der Waals surface area contributed by atoms with E-state index in [1.807, 2.05) is 11.8 Å². The summed E-state index contributed by atoms with van der Waals surface area (Å²) in [7, 11) is 0. The molecular formula is C10H21NS. The summed E-state index contributed by atoms with van der Waals surface area (Å²) < 4.78 is 0. The van der Waals surface area contributed by atoms with Crippen molar-refractivity contribution in [1.29, 1.82) is 0 Å². The van der Waals surface area contributed by atoms with E-state index in [0.717, 1.165) is 0 Å². The van der Waals surface area contributed by atoms with Gasteiger partial charge in [-0.05, 0) is 50.7 Å². The molecule has 1 nitrogen and oxygen atoms in total. The van der Waals surface area contributed by atoms with Crippen LogP contribution in [-0.4, -0.2) is 24.1 Å². The van der Waals surface area contributed by atoms with E-state index in [1.165, 1.54) is 44.4 Å². The van der Waals surface area contributed by atoms with E-state index < -0.39 is 0 Å². The predicted octanol–water partition coefficient (Wildman–Crippen LogP) is 2.66. The fourth-order valence-corrected chi connectivity index (χ4v) is 2.26. The van der Waals surface area contributed by atoms with E-state index in [1.54, 1.807) is 0 Å². The molecule has 1 aliphatic rings. The van der Waals surface area contributed by atoms with Gasteiger partial charge < -0.3 is 5.32 Å². The molecule has 1 fully saturated rings. The number of rotatable bonds is 6. The Morgan fingerprint density at radius 2 is 2.17 bits per heavy atom. The van der Waals surface area contributed by atoms with Crippen LogP contribution in [0.25, 0.3) is 0 Å². The Balaban J connectivity index is 2.04. The fourth-order valence-electron chi connectivity index (χ4n) is 1.83. The molecule has 0 atom stereocenters. The highest BCUT2D eigenvalue weighted by atomic mass is 32.2. The highest BCUT2D eigenvalue weighted by Crippen LogP contribution is 2.34. The number of hydrogen-bond acceptors (Lipinski definition) is 2. The van der Waals surface area contributed by atoms with Gasteiger partial charge in [0, 0.05) is 5.54 Å². The molecule has 0 radical (unpaired) electrons. The second kappa shape index (κ2) is 5.13. The summed E-state index contributed by atoms with van der Waals surface area (Å²) in [5, 5.41) is 3.70. The molecule has 0 saturated heterocycles. The molecule has 72 valence electrons. The number of hydrogen-bond donors (Lipinski definition) is 1. The Morgan fingerprint density at radius 3 is 2.58 bits per heavy atom. The average molecular weight is 187 g/mol. The van der Waals surface area contributed by atoms with Crippen molar-refractivity contribution in [2.24, 2.45) is 0 Å². The molecule has 1 rings (SSSR count). The first kappa shape index (κ1) is 10.4. The van der Waals surface area contributed by atoms with Gasteiger partial charge in [-0.25, -0.2) is 0 Å². The van der Waals surface area contributed by atoms with Gasteiger partial charge in [0.05, 0.1) is 0 Å². The Kier molecular flexibility index (Phi) is 4.44. The molecule has 0 aliphatic heterocycles. The minimum Gasteiger partial charge on any atom is -0.311 e. The van der Waals surface area contributed by atoms with Crippen LogP contribution in [0.4, 0.5) is 0 Å². The maximum atomic E-state index is 3.70. The minimum absolute atomic E-state index is 0.554. The van der Waals surface area contributed by atoms with Crippen LogP contribution in [0.15, 0.2) is 0 Å². The van der Waals surface area contributed by atoms with Crippen LogP contribution in [0.1, 0.15) is 39.0 Å². The van der Waals surface area contributed by atoms with Gasteiger partial charge in [0.15, 0.2) is 0 Å². The summed E-state index contributed by atoms with van der Waals surface area (Å²) in [6, 6.07) is 0. The molecule has 0 aromatic rings. The van der Waals surface area contributed by atoms with Gasteiger partial charge in [-0.1, -0.05) is 6.92 Å². The van der Waals surface area contributed by atoms with Crippen LogP contribution < -0.4 is 5.32 Å². The van der Waals surface area contributed by atoms with E-state index >= 15 is 0 Å². The van der Waals surface area contributed by atoms with Crippen molar-refractivity contribution in [3.05, 3.63) is 0 Å². The fraction of sp³-hybridized carbons (Fsp3) is 1.00. The molecule has 0 aromatic carbocycles. The quantitative estimate of drug-likeness (QED) is 0.642. The molecule has 12 heavy (non-hydrogen) atoms. The second-order valence-corrected chi connectivity index (χ2v) is 4.75. The van der Waals surface area contributed by atoms with E-state index in [4.69, 9.17) is 0 Å². The number of nitrogens with one attached hydrogen (secondary N) is 1. The average Bonchev–Trinajstić information content (AvgIpc) is 2.02. The van der Waals surface area contributed by atoms with E-state index in [0.29, 0.717) is 5.54 Å². The molecule has 0 amide bonds. The van der Waals surface area contributed by atoms with E-state index in [2.05, 4.69) is 18.5 Å². The van der Waals surface area contributed by atoms with Crippen molar-refractivity contribution < 1.29 is 0 Å². The molecule has 1 saturated carbocycles. The maximum Gasteiger partial charge on any atom is 0.0178 e. The van der Waals surface area contributed by atoms with Crippen LogP contribution in [0.3, 0.4) is 0 Å². The van der Waals surface area contributed by atoms with Crippen molar-refractivity contribution in [1.82, 2.24) is 5.32 Å². The van der Waals surface area contributed by atoms with Crippen molar-refractivity contribution in [3.8, 4) is 0 Å². The lowest BCUT2D eigenvalue weighted by Gasteiger charge is -2.42. The first-order valence-electron chi connectivity index (χ1n) is 5.07. The van der Waals surface area contributed by atoms with Crippen molar-refractivity contribution in [2.75, 3.05) is 18.6 Å². The third kappa shape index (κ3) is 2.67. The molecule has 2 heteroatoms. The highest BCUT2D eigenvalue weighted by molar-refractivity contribution is 7.98. The summed E-state index contributed by atoms with van der Waals surface area (Å²) in [6.45, 7) is 3.52. The zero-order chi connectivity index (χ0) is 8.86. The van der Waals surface area contributed by atoms with Crippen LogP contribution in [0.5, 0.6) is 0 Å². The first-order valence-corrected chi connectivity index (χ1v) is 6.46. The van der Waals surface area contributed by atoms with Gasteiger partial charge in [0.25, 0.3) is 0 Å². The van der Waals surface area contributed by atoms with Gasteiger partial charge in [-0.3, -0.25) is 0 Å². The molecular weight excluding hydrogens is 166 g/mol. The van der Waals surface area contributed by atoms with Gasteiger partial charge in [0.1, 0.15) is 0 Å². The summed E-state index contributed by atoms with van der Waals surface area (Å²) in [5.74, 6) is 1.30. The molecule has 0 heterocycles. The van der Waals surface area contributed by atoms with Crippen LogP contribution in [0, 0.1) is 0 Å². The Labute approximate surface area is 80.7 Å². The first-order chi connectivity index (χ1) is 5.83. The normalized spacial score (nSPS) is 20.5. The van der Waals surface area contributed by atoms with Gasteiger partial charge in [-0.15, -0.1) is 0 Å². The second-order valence-electron chi connectivity index (χ2n) is 3.76. The molecule has 1 N–H and O–H groups in total. The molecule has 0 bridgehead atoms. The summed E-state index contributed by atoms with van der Waals surface area (Å²) in [6.07, 6.45) is 9.06. The lowest BCUT2D eigenvalue weighted by molar-refractivity contribution is 0.178. The summed E-state index contributed by atoms with van der Waals surface area (Å²) >= 11 is 1.95. The summed E-state index contributed by atoms with van der Waals surface area (Å²) in [5.41, 5.74) is 0.554. The molecule has 0 aromatic heterocycles. The maximum absolute atomic E-state index is 3.70. The lowest BCUT2D eigenvalue weighted by Crippen LogP contribution is -2.50. The summed E-state index contributed by atoms with van der Waals surface area (Å²) in [4.78, 5) is 0. The zero-order valence-corrected chi connectivity index (χ0v) is 9.17. The minimum atomic E-state index is 0.554. The highest BCUT2D eigenvalue weighted by Gasteiger charge is 2.33. The van der Waals surface area contributed by atoms with Crippen LogP contribution >= 0.6 is 11.8 Å². The molecule has 1 aliphatic carbocycles. The topological polar surface area (TPSA) is 12.0 Å². The number of thioether (sulfide) groups is 1. The Morgan fingerprint density at radius 1 is 1.42 bits per heavy atom. The monoisotopic (exact) mass is 187 g/mol.